The summed E-state index contributed by atoms with van der Waals surface area (Å²) in [7, 11) is 0. The Balaban J connectivity index is 1.47. The van der Waals surface area contributed by atoms with Gasteiger partial charge < -0.3 is 25.6 Å². The minimum absolute atomic E-state index is 0.0151. The lowest BCUT2D eigenvalue weighted by molar-refractivity contribution is -0.114. The van der Waals surface area contributed by atoms with E-state index in [1.807, 2.05) is 6.92 Å². The highest BCUT2D eigenvalue weighted by Gasteiger charge is 2.18. The highest BCUT2D eigenvalue weighted by Crippen LogP contribution is 2.13. The molecule has 0 saturated carbocycles. The number of carbonyl (C=O) groups is 3. The van der Waals surface area contributed by atoms with Gasteiger partial charge in [0, 0.05) is 42.1 Å². The van der Waals surface area contributed by atoms with Crippen molar-refractivity contribution in [3.05, 3.63) is 59.7 Å². The van der Waals surface area contributed by atoms with E-state index in [-0.39, 0.29) is 24.3 Å². The normalized spacial score (nSPS) is 13.4. The van der Waals surface area contributed by atoms with Crippen LogP contribution in [-0.4, -0.2) is 62.0 Å². The molecule has 0 atom stereocenters. The van der Waals surface area contributed by atoms with E-state index in [9.17, 15) is 14.4 Å². The number of anilines is 2. The quantitative estimate of drug-likeness (QED) is 0.648. The first-order valence-electron chi connectivity index (χ1n) is 9.96. The lowest BCUT2D eigenvalue weighted by atomic mass is 10.1. The van der Waals surface area contributed by atoms with Crippen LogP contribution in [-0.2, 0) is 9.53 Å². The molecule has 1 fully saturated rings. The number of nitrogens with zero attached hydrogens (tertiary/aromatic N) is 1. The zero-order valence-corrected chi connectivity index (χ0v) is 16.9. The molecular formula is C22H26N4O4. The first-order valence-corrected chi connectivity index (χ1v) is 9.96. The maximum absolute atomic E-state index is 12.4. The van der Waals surface area contributed by atoms with Gasteiger partial charge in [-0.25, -0.2) is 0 Å². The molecule has 8 heteroatoms. The molecule has 0 bridgehead atoms. The van der Waals surface area contributed by atoms with E-state index in [1.54, 1.807) is 53.4 Å². The van der Waals surface area contributed by atoms with Crippen LogP contribution in [0.2, 0.25) is 0 Å². The summed E-state index contributed by atoms with van der Waals surface area (Å²) in [5.74, 6) is -0.375. The lowest BCUT2D eigenvalue weighted by Crippen LogP contribution is -2.40. The fourth-order valence-electron chi connectivity index (χ4n) is 3.03. The summed E-state index contributed by atoms with van der Waals surface area (Å²) in [4.78, 5) is 38.1. The minimum Gasteiger partial charge on any atom is -0.378 e. The van der Waals surface area contributed by atoms with E-state index < -0.39 is 0 Å². The fourth-order valence-corrected chi connectivity index (χ4v) is 3.03. The summed E-state index contributed by atoms with van der Waals surface area (Å²) in [6.45, 7) is 4.83. The van der Waals surface area contributed by atoms with Crippen LogP contribution >= 0.6 is 0 Å². The number of benzene rings is 2. The SMILES string of the molecule is CCNC(=O)c1ccc(NC(=O)CNc2ccc(C(=O)N3CCOCC3)cc2)cc1. The van der Waals surface area contributed by atoms with Crippen molar-refractivity contribution < 1.29 is 19.1 Å². The summed E-state index contributed by atoms with van der Waals surface area (Å²) in [5, 5.41) is 8.54. The van der Waals surface area contributed by atoms with E-state index in [1.165, 1.54) is 0 Å². The zero-order chi connectivity index (χ0) is 21.3. The van der Waals surface area contributed by atoms with Crippen molar-refractivity contribution in [1.82, 2.24) is 10.2 Å². The monoisotopic (exact) mass is 410 g/mol. The van der Waals surface area contributed by atoms with Crippen molar-refractivity contribution >= 4 is 29.1 Å². The summed E-state index contributed by atoms with van der Waals surface area (Å²) < 4.78 is 5.27. The van der Waals surface area contributed by atoms with Crippen molar-refractivity contribution in [2.24, 2.45) is 0 Å². The van der Waals surface area contributed by atoms with Crippen LogP contribution in [0.5, 0.6) is 0 Å². The van der Waals surface area contributed by atoms with E-state index in [0.717, 1.165) is 5.69 Å². The van der Waals surface area contributed by atoms with Crippen molar-refractivity contribution in [2.75, 3.05) is 50.0 Å². The topological polar surface area (TPSA) is 99.8 Å². The van der Waals surface area contributed by atoms with Crippen LogP contribution in [0.3, 0.4) is 0 Å². The van der Waals surface area contributed by atoms with Crippen LogP contribution in [0.4, 0.5) is 11.4 Å². The van der Waals surface area contributed by atoms with Gasteiger partial charge in [0.25, 0.3) is 11.8 Å². The first-order chi connectivity index (χ1) is 14.6. The Hall–Kier alpha value is -3.39. The van der Waals surface area contributed by atoms with Crippen LogP contribution in [0.25, 0.3) is 0 Å². The van der Waals surface area contributed by atoms with Crippen LogP contribution in [0.15, 0.2) is 48.5 Å². The molecule has 3 N–H and O–H groups in total. The number of carbonyl (C=O) groups excluding carboxylic acids is 3. The number of rotatable bonds is 7. The molecule has 0 radical (unpaired) electrons. The largest absolute Gasteiger partial charge is 0.378 e. The molecule has 1 saturated heterocycles. The van der Waals surface area contributed by atoms with E-state index in [2.05, 4.69) is 16.0 Å². The molecule has 158 valence electrons. The summed E-state index contributed by atoms with van der Waals surface area (Å²) in [6.07, 6.45) is 0. The Morgan fingerprint density at radius 3 is 2.13 bits per heavy atom. The third-order valence-electron chi connectivity index (χ3n) is 4.65. The number of hydrogen-bond donors (Lipinski definition) is 3. The Morgan fingerprint density at radius 2 is 1.50 bits per heavy atom. The van der Waals surface area contributed by atoms with Gasteiger partial charge in [-0.1, -0.05) is 0 Å². The fraction of sp³-hybridized carbons (Fsp3) is 0.318. The second kappa shape index (κ2) is 10.4. The predicted octanol–water partition coefficient (Wildman–Crippen LogP) is 1.96. The van der Waals surface area contributed by atoms with Crippen molar-refractivity contribution in [3.63, 3.8) is 0 Å². The van der Waals surface area contributed by atoms with E-state index >= 15 is 0 Å². The van der Waals surface area contributed by atoms with Gasteiger partial charge in [-0.15, -0.1) is 0 Å². The van der Waals surface area contributed by atoms with Crippen LogP contribution in [0, 0.1) is 0 Å². The molecule has 1 aliphatic heterocycles. The maximum atomic E-state index is 12.4. The van der Waals surface area contributed by atoms with E-state index in [0.29, 0.717) is 49.7 Å². The molecule has 0 spiro atoms. The third kappa shape index (κ3) is 5.81. The number of amides is 3. The van der Waals surface area contributed by atoms with Gasteiger partial charge in [-0.2, -0.15) is 0 Å². The van der Waals surface area contributed by atoms with Gasteiger partial charge >= 0.3 is 0 Å². The molecule has 3 rings (SSSR count). The van der Waals surface area contributed by atoms with Gasteiger partial charge in [0.2, 0.25) is 5.91 Å². The maximum Gasteiger partial charge on any atom is 0.254 e. The zero-order valence-electron chi connectivity index (χ0n) is 16.9. The van der Waals surface area contributed by atoms with Gasteiger partial charge in [0.15, 0.2) is 0 Å². The van der Waals surface area contributed by atoms with Gasteiger partial charge in [-0.3, -0.25) is 14.4 Å². The molecule has 0 unspecified atom stereocenters. The molecule has 2 aromatic rings. The van der Waals surface area contributed by atoms with Gasteiger partial charge in [-0.05, 0) is 55.5 Å². The molecule has 1 aliphatic rings. The van der Waals surface area contributed by atoms with Crippen molar-refractivity contribution in [1.29, 1.82) is 0 Å². The number of ether oxygens (including phenoxy) is 1. The summed E-state index contributed by atoms with van der Waals surface area (Å²) in [6, 6.07) is 13.8. The van der Waals surface area contributed by atoms with E-state index in [4.69, 9.17) is 4.74 Å². The number of nitrogens with one attached hydrogen (secondary N) is 3. The molecule has 0 aromatic heterocycles. The molecule has 8 nitrogen and oxygen atoms in total. The molecule has 1 heterocycles. The molecule has 30 heavy (non-hydrogen) atoms. The molecule has 3 amide bonds. The molecule has 2 aromatic carbocycles. The average Bonchev–Trinajstić information content (AvgIpc) is 2.79. The second-order valence-corrected chi connectivity index (χ2v) is 6.82. The highest BCUT2D eigenvalue weighted by atomic mass is 16.5. The number of hydrogen-bond acceptors (Lipinski definition) is 5. The Bertz CT molecular complexity index is 875. The van der Waals surface area contributed by atoms with Gasteiger partial charge in [0.05, 0.1) is 19.8 Å². The Kier molecular flexibility index (Phi) is 7.40. The Morgan fingerprint density at radius 1 is 0.900 bits per heavy atom. The van der Waals surface area contributed by atoms with Crippen molar-refractivity contribution in [3.8, 4) is 0 Å². The highest BCUT2D eigenvalue weighted by molar-refractivity contribution is 5.97. The third-order valence-corrected chi connectivity index (χ3v) is 4.65. The van der Waals surface area contributed by atoms with Crippen LogP contribution in [0.1, 0.15) is 27.6 Å². The first kappa shape index (κ1) is 21.3. The van der Waals surface area contributed by atoms with Crippen LogP contribution < -0.4 is 16.0 Å². The second-order valence-electron chi connectivity index (χ2n) is 6.82. The minimum atomic E-state index is -0.214. The lowest BCUT2D eigenvalue weighted by Gasteiger charge is -2.26. The smallest absolute Gasteiger partial charge is 0.254 e. The Labute approximate surface area is 175 Å². The number of morpholine rings is 1. The molecule has 0 aliphatic carbocycles. The molecular weight excluding hydrogens is 384 g/mol. The van der Waals surface area contributed by atoms with Gasteiger partial charge in [0.1, 0.15) is 0 Å². The summed E-state index contributed by atoms with van der Waals surface area (Å²) in [5.41, 5.74) is 2.51. The van der Waals surface area contributed by atoms with Crippen molar-refractivity contribution in [2.45, 2.75) is 6.92 Å². The predicted molar refractivity (Wildman–Crippen MR) is 115 cm³/mol. The standard InChI is InChI=1S/C22H26N4O4/c1-2-23-21(28)16-3-9-19(10-4-16)25-20(27)15-24-18-7-5-17(6-8-18)22(29)26-11-13-30-14-12-26/h3-10,24H,2,11-15H2,1H3,(H,23,28)(H,25,27). The average molecular weight is 410 g/mol. The summed E-state index contributed by atoms with van der Waals surface area (Å²) >= 11 is 0.